The number of hydrogen-bond acceptors (Lipinski definition) is 5. The van der Waals surface area contributed by atoms with Crippen LogP contribution in [0.2, 0.25) is 5.02 Å². The first kappa shape index (κ1) is 18.1. The van der Waals surface area contributed by atoms with Crippen LogP contribution in [0.1, 0.15) is 17.4 Å². The summed E-state index contributed by atoms with van der Waals surface area (Å²) in [5, 5.41) is 13.8. The molecule has 2 aromatic carbocycles. The molecule has 0 fully saturated rings. The van der Waals surface area contributed by atoms with E-state index in [1.807, 2.05) is 0 Å². The molecule has 0 saturated heterocycles. The number of fused-ring (bicyclic) bond motifs is 1. The van der Waals surface area contributed by atoms with Gasteiger partial charge in [0, 0.05) is 15.9 Å². The minimum atomic E-state index is -3.55. The zero-order valence-corrected chi connectivity index (χ0v) is 15.3. The summed E-state index contributed by atoms with van der Waals surface area (Å²) in [6.07, 6.45) is 0. The van der Waals surface area contributed by atoms with Crippen molar-refractivity contribution in [3.8, 4) is 5.75 Å². The number of halogens is 1. The van der Waals surface area contributed by atoms with E-state index in [-0.39, 0.29) is 27.7 Å². The number of phenols is 1. The van der Waals surface area contributed by atoms with Crippen LogP contribution in [0.15, 0.2) is 41.3 Å². The second-order valence-corrected chi connectivity index (χ2v) is 8.40. The zero-order valence-electron chi connectivity index (χ0n) is 13.7. The fourth-order valence-corrected chi connectivity index (χ4v) is 3.60. The van der Waals surface area contributed by atoms with Crippen LogP contribution >= 0.6 is 11.6 Å². The minimum Gasteiger partial charge on any atom is -0.504 e. The zero-order chi connectivity index (χ0) is 19.1. The predicted octanol–water partition coefficient (Wildman–Crippen LogP) is 3.16. The number of rotatable bonds is 4. The number of anilines is 2. The number of carbonyl (C=O) groups is 1. The predicted molar refractivity (Wildman–Crippen MR) is 102 cm³/mol. The quantitative estimate of drug-likeness (QED) is 0.400. The Bertz CT molecular complexity index is 1120. The lowest BCUT2D eigenvalue weighted by Crippen LogP contribution is -2.14. The van der Waals surface area contributed by atoms with Crippen molar-refractivity contribution in [2.75, 3.05) is 16.8 Å². The lowest BCUT2D eigenvalue weighted by Gasteiger charge is -2.11. The number of phenolic OH excluding ortho intramolecular Hbond substituents is 1. The lowest BCUT2D eigenvalue weighted by atomic mass is 10.2. The Balaban J connectivity index is 1.97. The smallest absolute Gasteiger partial charge is 0.272 e. The standard InChI is InChI=1S/C17H16ClN3O4S/c1-2-26(24,25)11-7-12(19)16(22)14(8-11)21-17(23)15-6-9-5-10(18)3-4-13(9)20-15/h3-8,20,22H,2,19H2,1H3,(H,21,23). The molecule has 0 aliphatic carbocycles. The molecule has 136 valence electrons. The number of hydrogen-bond donors (Lipinski definition) is 4. The van der Waals surface area contributed by atoms with E-state index in [4.69, 9.17) is 17.3 Å². The highest BCUT2D eigenvalue weighted by atomic mass is 35.5. The number of aromatic hydroxyl groups is 1. The largest absolute Gasteiger partial charge is 0.504 e. The first-order valence-corrected chi connectivity index (χ1v) is 9.69. The summed E-state index contributed by atoms with van der Waals surface area (Å²) in [7, 11) is -3.55. The Morgan fingerprint density at radius 1 is 1.27 bits per heavy atom. The molecule has 0 aliphatic rings. The molecule has 7 nitrogen and oxygen atoms in total. The number of H-pyrrole nitrogens is 1. The summed E-state index contributed by atoms with van der Waals surface area (Å²) >= 11 is 5.93. The third kappa shape index (κ3) is 3.33. The van der Waals surface area contributed by atoms with E-state index in [0.717, 1.165) is 11.5 Å². The van der Waals surface area contributed by atoms with Gasteiger partial charge in [0.25, 0.3) is 5.91 Å². The lowest BCUT2D eigenvalue weighted by molar-refractivity contribution is 0.102. The van der Waals surface area contributed by atoms with Gasteiger partial charge in [-0.15, -0.1) is 0 Å². The molecule has 0 saturated carbocycles. The van der Waals surface area contributed by atoms with Crippen LogP contribution in [0.25, 0.3) is 10.9 Å². The highest BCUT2D eigenvalue weighted by Gasteiger charge is 2.19. The molecule has 26 heavy (non-hydrogen) atoms. The Morgan fingerprint density at radius 3 is 2.69 bits per heavy atom. The van der Waals surface area contributed by atoms with Crippen LogP contribution in [-0.2, 0) is 9.84 Å². The number of benzene rings is 2. The Hall–Kier alpha value is -2.71. The second-order valence-electron chi connectivity index (χ2n) is 5.68. The SMILES string of the molecule is CCS(=O)(=O)c1cc(N)c(O)c(NC(=O)c2cc3cc(Cl)ccc3[nH]2)c1. The summed E-state index contributed by atoms with van der Waals surface area (Å²) in [4.78, 5) is 15.3. The van der Waals surface area contributed by atoms with Gasteiger partial charge < -0.3 is 21.1 Å². The molecule has 1 heterocycles. The number of aromatic nitrogens is 1. The maximum absolute atomic E-state index is 12.5. The van der Waals surface area contributed by atoms with Crippen molar-refractivity contribution in [1.29, 1.82) is 0 Å². The van der Waals surface area contributed by atoms with E-state index in [2.05, 4.69) is 10.3 Å². The maximum atomic E-state index is 12.5. The number of nitrogen functional groups attached to an aromatic ring is 1. The van der Waals surface area contributed by atoms with Gasteiger partial charge in [0.2, 0.25) is 0 Å². The molecule has 5 N–H and O–H groups in total. The molecule has 9 heteroatoms. The monoisotopic (exact) mass is 393 g/mol. The van der Waals surface area contributed by atoms with Crippen molar-refractivity contribution in [2.24, 2.45) is 0 Å². The average Bonchev–Trinajstić information content (AvgIpc) is 3.01. The molecule has 0 radical (unpaired) electrons. The summed E-state index contributed by atoms with van der Waals surface area (Å²) < 4.78 is 24.1. The van der Waals surface area contributed by atoms with Crippen LogP contribution < -0.4 is 11.1 Å². The molecule has 0 aliphatic heterocycles. The van der Waals surface area contributed by atoms with Crippen molar-refractivity contribution in [2.45, 2.75) is 11.8 Å². The van der Waals surface area contributed by atoms with E-state index in [0.29, 0.717) is 10.5 Å². The van der Waals surface area contributed by atoms with E-state index in [1.54, 1.807) is 24.3 Å². The Morgan fingerprint density at radius 2 is 2.00 bits per heavy atom. The topological polar surface area (TPSA) is 125 Å². The molecule has 0 bridgehead atoms. The molecular formula is C17H16ClN3O4S. The number of carbonyl (C=O) groups excluding carboxylic acids is 1. The summed E-state index contributed by atoms with van der Waals surface area (Å²) in [6.45, 7) is 1.49. The van der Waals surface area contributed by atoms with Crippen LogP contribution in [0, 0.1) is 0 Å². The van der Waals surface area contributed by atoms with Gasteiger partial charge >= 0.3 is 0 Å². The first-order valence-electron chi connectivity index (χ1n) is 7.66. The highest BCUT2D eigenvalue weighted by Crippen LogP contribution is 2.34. The summed E-state index contributed by atoms with van der Waals surface area (Å²) in [5.74, 6) is -1.08. The highest BCUT2D eigenvalue weighted by molar-refractivity contribution is 7.91. The van der Waals surface area contributed by atoms with Gasteiger partial charge in [0.1, 0.15) is 5.69 Å². The Kier molecular flexibility index (Phi) is 4.55. The molecule has 1 amide bonds. The van der Waals surface area contributed by atoms with E-state index in [9.17, 15) is 18.3 Å². The third-order valence-electron chi connectivity index (χ3n) is 3.93. The van der Waals surface area contributed by atoms with Gasteiger partial charge in [0.15, 0.2) is 15.6 Å². The van der Waals surface area contributed by atoms with Gasteiger partial charge in [-0.3, -0.25) is 4.79 Å². The fraction of sp³-hybridized carbons (Fsp3) is 0.118. The number of nitrogens with one attached hydrogen (secondary N) is 2. The first-order chi connectivity index (χ1) is 12.2. The summed E-state index contributed by atoms with van der Waals surface area (Å²) in [5.41, 5.74) is 6.39. The molecule has 3 aromatic rings. The van der Waals surface area contributed by atoms with Gasteiger partial charge in [-0.25, -0.2) is 8.42 Å². The molecule has 0 spiro atoms. The van der Waals surface area contributed by atoms with Gasteiger partial charge in [-0.1, -0.05) is 18.5 Å². The van der Waals surface area contributed by atoms with E-state index in [1.165, 1.54) is 13.0 Å². The van der Waals surface area contributed by atoms with Crippen LogP contribution in [0.3, 0.4) is 0 Å². The number of amides is 1. The molecule has 3 rings (SSSR count). The molecule has 1 aromatic heterocycles. The van der Waals surface area contributed by atoms with Crippen LogP contribution in [0.4, 0.5) is 11.4 Å². The normalized spacial score (nSPS) is 11.6. The van der Waals surface area contributed by atoms with E-state index < -0.39 is 21.5 Å². The number of aromatic amines is 1. The van der Waals surface area contributed by atoms with Crippen molar-refractivity contribution >= 4 is 49.6 Å². The van der Waals surface area contributed by atoms with Gasteiger partial charge in [-0.2, -0.15) is 0 Å². The van der Waals surface area contributed by atoms with Crippen molar-refractivity contribution < 1.29 is 18.3 Å². The molecule has 0 atom stereocenters. The molecule has 0 unspecified atom stereocenters. The van der Waals surface area contributed by atoms with Crippen molar-refractivity contribution in [3.63, 3.8) is 0 Å². The van der Waals surface area contributed by atoms with Gasteiger partial charge in [-0.05, 0) is 36.4 Å². The van der Waals surface area contributed by atoms with Crippen LogP contribution in [0.5, 0.6) is 5.75 Å². The molecular weight excluding hydrogens is 378 g/mol. The second kappa shape index (κ2) is 6.54. The maximum Gasteiger partial charge on any atom is 0.272 e. The van der Waals surface area contributed by atoms with Crippen molar-refractivity contribution in [3.05, 3.63) is 47.1 Å². The summed E-state index contributed by atoms with van der Waals surface area (Å²) in [6, 6.07) is 9.07. The number of nitrogens with two attached hydrogens (primary N) is 1. The third-order valence-corrected chi connectivity index (χ3v) is 5.88. The van der Waals surface area contributed by atoms with Gasteiger partial charge in [0.05, 0.1) is 22.0 Å². The Labute approximate surface area is 154 Å². The minimum absolute atomic E-state index is 0.0750. The fourth-order valence-electron chi connectivity index (χ4n) is 2.49. The average molecular weight is 394 g/mol. The number of sulfone groups is 1. The van der Waals surface area contributed by atoms with Crippen LogP contribution in [-0.4, -0.2) is 30.2 Å². The van der Waals surface area contributed by atoms with Crippen molar-refractivity contribution in [1.82, 2.24) is 4.98 Å². The van der Waals surface area contributed by atoms with E-state index >= 15 is 0 Å².